The van der Waals surface area contributed by atoms with Gasteiger partial charge in [0.15, 0.2) is 0 Å². The van der Waals surface area contributed by atoms with Crippen molar-refractivity contribution in [3.05, 3.63) is 17.5 Å². The molecule has 2 rings (SSSR count). The number of hydrogen-bond donors (Lipinski definition) is 1. The predicted octanol–water partition coefficient (Wildman–Crippen LogP) is 1.60. The van der Waals surface area contributed by atoms with E-state index in [0.29, 0.717) is 12.6 Å². The number of rotatable bonds is 2. The average Bonchev–Trinajstić information content (AvgIpc) is 2.64. The van der Waals surface area contributed by atoms with E-state index in [1.165, 1.54) is 0 Å². The largest absolute Gasteiger partial charge is 0.365 e. The van der Waals surface area contributed by atoms with Crippen molar-refractivity contribution >= 4 is 11.9 Å². The first-order chi connectivity index (χ1) is 7.99. The van der Waals surface area contributed by atoms with Crippen LogP contribution in [0.2, 0.25) is 0 Å². The molecule has 1 aromatic heterocycles. The van der Waals surface area contributed by atoms with Gasteiger partial charge in [0.25, 0.3) is 5.91 Å². The maximum atomic E-state index is 12.0. The maximum absolute atomic E-state index is 12.0. The van der Waals surface area contributed by atoms with E-state index >= 15 is 0 Å². The van der Waals surface area contributed by atoms with E-state index in [9.17, 15) is 4.79 Å². The molecule has 0 radical (unpaired) electrons. The number of nitrogens with one attached hydrogen (secondary N) is 1. The van der Waals surface area contributed by atoms with Crippen LogP contribution < -0.4 is 5.32 Å². The normalized spacial score (nSPS) is 23.7. The molecular formula is C12H17N3O2. The highest BCUT2D eigenvalue weighted by Crippen LogP contribution is 2.26. The first kappa shape index (κ1) is 12.0. The number of nitrogens with zero attached hydrogens (tertiary/aromatic N) is 2. The lowest BCUT2D eigenvalue weighted by atomic mass is 10.0. The number of hydrogen-bond acceptors (Lipinski definition) is 4. The van der Waals surface area contributed by atoms with E-state index in [1.54, 1.807) is 6.92 Å². The second-order valence-corrected chi connectivity index (χ2v) is 4.61. The Morgan fingerprint density at radius 1 is 1.41 bits per heavy atom. The molecule has 1 aliphatic rings. The van der Waals surface area contributed by atoms with Crippen LogP contribution in [0.5, 0.6) is 0 Å². The lowest BCUT2D eigenvalue weighted by Gasteiger charge is -2.21. The van der Waals surface area contributed by atoms with E-state index in [4.69, 9.17) is 4.74 Å². The van der Waals surface area contributed by atoms with Crippen LogP contribution in [-0.2, 0) is 9.53 Å². The molecular weight excluding hydrogens is 218 g/mol. The molecule has 1 aromatic rings. The molecule has 2 heterocycles. The summed E-state index contributed by atoms with van der Waals surface area (Å²) in [6.45, 7) is 6.19. The lowest BCUT2D eigenvalue weighted by Crippen LogP contribution is -2.39. The third-order valence-electron chi connectivity index (χ3n) is 2.91. The molecule has 1 fully saturated rings. The van der Waals surface area contributed by atoms with E-state index in [1.807, 2.05) is 19.9 Å². The zero-order valence-corrected chi connectivity index (χ0v) is 10.4. The number of carbonyl (C=O) groups excluding carboxylic acids is 1. The minimum Gasteiger partial charge on any atom is -0.365 e. The highest BCUT2D eigenvalue weighted by Gasteiger charge is 2.38. The highest BCUT2D eigenvalue weighted by molar-refractivity contribution is 5.95. The van der Waals surface area contributed by atoms with Gasteiger partial charge < -0.3 is 4.74 Å². The van der Waals surface area contributed by atoms with Crippen molar-refractivity contribution in [2.75, 3.05) is 11.9 Å². The van der Waals surface area contributed by atoms with E-state index < -0.39 is 5.60 Å². The quantitative estimate of drug-likeness (QED) is 0.845. The van der Waals surface area contributed by atoms with Crippen LogP contribution in [0.25, 0.3) is 0 Å². The molecule has 92 valence electrons. The molecule has 0 spiro atoms. The molecule has 1 N–H and O–H groups in total. The molecule has 17 heavy (non-hydrogen) atoms. The van der Waals surface area contributed by atoms with Gasteiger partial charge in [0.05, 0.1) is 0 Å². The SMILES string of the molecule is Cc1cc(C)nc(NC(=O)C2(C)CCCO2)n1. The Kier molecular flexibility index (Phi) is 3.11. The van der Waals surface area contributed by atoms with E-state index in [2.05, 4.69) is 15.3 Å². The van der Waals surface area contributed by atoms with Gasteiger partial charge in [-0.15, -0.1) is 0 Å². The van der Waals surface area contributed by atoms with Crippen molar-refractivity contribution in [3.8, 4) is 0 Å². The first-order valence-corrected chi connectivity index (χ1v) is 5.77. The summed E-state index contributed by atoms with van der Waals surface area (Å²) in [6, 6.07) is 1.86. The first-order valence-electron chi connectivity index (χ1n) is 5.77. The summed E-state index contributed by atoms with van der Waals surface area (Å²) in [5, 5.41) is 2.72. The van der Waals surface area contributed by atoms with Crippen LogP contribution in [-0.4, -0.2) is 28.1 Å². The second kappa shape index (κ2) is 4.41. The smallest absolute Gasteiger partial charge is 0.258 e. The molecule has 0 aliphatic carbocycles. The zero-order chi connectivity index (χ0) is 12.5. The van der Waals surface area contributed by atoms with Gasteiger partial charge in [-0.05, 0) is 39.7 Å². The molecule has 1 aliphatic heterocycles. The summed E-state index contributed by atoms with van der Waals surface area (Å²) in [5.41, 5.74) is 0.941. The molecule has 1 atom stereocenters. The van der Waals surface area contributed by atoms with Gasteiger partial charge in [-0.2, -0.15) is 0 Å². The molecule has 1 saturated heterocycles. The summed E-state index contributed by atoms with van der Waals surface area (Å²) in [6.07, 6.45) is 1.65. The second-order valence-electron chi connectivity index (χ2n) is 4.61. The van der Waals surface area contributed by atoms with Gasteiger partial charge in [-0.25, -0.2) is 9.97 Å². The maximum Gasteiger partial charge on any atom is 0.258 e. The van der Waals surface area contributed by atoms with Crippen LogP contribution in [0.15, 0.2) is 6.07 Å². The third-order valence-corrected chi connectivity index (χ3v) is 2.91. The minimum absolute atomic E-state index is 0.167. The Hall–Kier alpha value is -1.49. The summed E-state index contributed by atoms with van der Waals surface area (Å²) in [7, 11) is 0. The number of aromatic nitrogens is 2. The van der Waals surface area contributed by atoms with Crippen LogP contribution in [0.1, 0.15) is 31.2 Å². The van der Waals surface area contributed by atoms with Crippen molar-refractivity contribution < 1.29 is 9.53 Å². The van der Waals surface area contributed by atoms with Crippen LogP contribution in [0.3, 0.4) is 0 Å². The molecule has 0 saturated carbocycles. The van der Waals surface area contributed by atoms with Crippen LogP contribution in [0.4, 0.5) is 5.95 Å². The average molecular weight is 235 g/mol. The van der Waals surface area contributed by atoms with Crippen molar-refractivity contribution in [1.29, 1.82) is 0 Å². The van der Waals surface area contributed by atoms with Gasteiger partial charge in [0, 0.05) is 18.0 Å². The van der Waals surface area contributed by atoms with Crippen molar-refractivity contribution in [2.24, 2.45) is 0 Å². The molecule has 1 amide bonds. The monoisotopic (exact) mass is 235 g/mol. The Balaban J connectivity index is 2.12. The molecule has 5 heteroatoms. The molecule has 5 nitrogen and oxygen atoms in total. The molecule has 0 bridgehead atoms. The number of amides is 1. The van der Waals surface area contributed by atoms with E-state index in [0.717, 1.165) is 24.2 Å². The summed E-state index contributed by atoms with van der Waals surface area (Å²) < 4.78 is 5.47. The summed E-state index contributed by atoms with van der Waals surface area (Å²) in [5.74, 6) is 0.184. The van der Waals surface area contributed by atoms with Crippen molar-refractivity contribution in [2.45, 2.75) is 39.2 Å². The van der Waals surface area contributed by atoms with Gasteiger partial charge in [0.2, 0.25) is 5.95 Å². The predicted molar refractivity (Wildman–Crippen MR) is 63.7 cm³/mol. The van der Waals surface area contributed by atoms with Gasteiger partial charge >= 0.3 is 0 Å². The Labute approximate surface area is 101 Å². The Morgan fingerprint density at radius 2 is 2.06 bits per heavy atom. The summed E-state index contributed by atoms with van der Waals surface area (Å²) in [4.78, 5) is 20.4. The minimum atomic E-state index is -0.735. The van der Waals surface area contributed by atoms with Crippen LogP contribution >= 0.6 is 0 Å². The zero-order valence-electron chi connectivity index (χ0n) is 10.4. The summed E-state index contributed by atoms with van der Waals surface area (Å²) >= 11 is 0. The third kappa shape index (κ3) is 2.61. The topological polar surface area (TPSA) is 64.1 Å². The Morgan fingerprint density at radius 3 is 2.59 bits per heavy atom. The number of aryl methyl sites for hydroxylation is 2. The number of ether oxygens (including phenoxy) is 1. The van der Waals surface area contributed by atoms with Crippen LogP contribution in [0, 0.1) is 13.8 Å². The standard InChI is InChI=1S/C12H17N3O2/c1-8-7-9(2)14-11(13-8)15-10(16)12(3)5-4-6-17-12/h7H,4-6H2,1-3H3,(H,13,14,15,16). The number of anilines is 1. The molecule has 1 unspecified atom stereocenters. The fourth-order valence-electron chi connectivity index (χ4n) is 1.97. The van der Waals surface area contributed by atoms with E-state index in [-0.39, 0.29) is 5.91 Å². The van der Waals surface area contributed by atoms with Crippen molar-refractivity contribution in [3.63, 3.8) is 0 Å². The fraction of sp³-hybridized carbons (Fsp3) is 0.583. The number of carbonyl (C=O) groups is 1. The molecule has 0 aromatic carbocycles. The van der Waals surface area contributed by atoms with Gasteiger partial charge in [0.1, 0.15) is 5.60 Å². The highest BCUT2D eigenvalue weighted by atomic mass is 16.5. The van der Waals surface area contributed by atoms with Crippen molar-refractivity contribution in [1.82, 2.24) is 9.97 Å². The van der Waals surface area contributed by atoms with Gasteiger partial charge in [-0.3, -0.25) is 10.1 Å². The fourth-order valence-corrected chi connectivity index (χ4v) is 1.97. The Bertz CT molecular complexity index is 419. The lowest BCUT2D eigenvalue weighted by molar-refractivity contribution is -0.133. The van der Waals surface area contributed by atoms with Gasteiger partial charge in [-0.1, -0.05) is 0 Å².